The summed E-state index contributed by atoms with van der Waals surface area (Å²) in [6.07, 6.45) is 5.36. The van der Waals surface area contributed by atoms with Crippen molar-refractivity contribution in [3.8, 4) is 5.75 Å². The van der Waals surface area contributed by atoms with Gasteiger partial charge in [-0.3, -0.25) is 4.98 Å². The Morgan fingerprint density at radius 2 is 1.89 bits per heavy atom. The Bertz CT molecular complexity index is 1110. The van der Waals surface area contributed by atoms with Crippen molar-refractivity contribution in [1.82, 2.24) is 14.3 Å². The normalized spacial score (nSPS) is 16.5. The van der Waals surface area contributed by atoms with Gasteiger partial charge in [-0.05, 0) is 73.6 Å². The number of aromatic amines is 1. The van der Waals surface area contributed by atoms with Crippen LogP contribution in [0.2, 0.25) is 0 Å². The van der Waals surface area contributed by atoms with Crippen molar-refractivity contribution in [3.63, 3.8) is 0 Å². The van der Waals surface area contributed by atoms with E-state index in [2.05, 4.69) is 9.97 Å². The Morgan fingerprint density at radius 1 is 1.18 bits per heavy atom. The minimum atomic E-state index is -3.59. The molecular formula is C21H25N3O3S. The third-order valence-corrected chi connectivity index (χ3v) is 7.68. The van der Waals surface area contributed by atoms with E-state index in [1.807, 2.05) is 32.2 Å². The number of methoxy groups -OCH3 is 1. The second-order valence-corrected chi connectivity index (χ2v) is 9.32. The van der Waals surface area contributed by atoms with Crippen molar-refractivity contribution >= 4 is 21.1 Å². The van der Waals surface area contributed by atoms with Crippen LogP contribution < -0.4 is 4.74 Å². The molecule has 1 aromatic carbocycles. The van der Waals surface area contributed by atoms with E-state index >= 15 is 0 Å². The summed E-state index contributed by atoms with van der Waals surface area (Å²) in [6, 6.07) is 7.44. The summed E-state index contributed by atoms with van der Waals surface area (Å²) >= 11 is 0. The molecule has 0 atom stereocenters. The number of ether oxygens (including phenoxy) is 1. The molecule has 1 fully saturated rings. The highest BCUT2D eigenvalue weighted by atomic mass is 32.2. The third-order valence-electron chi connectivity index (χ3n) is 5.76. The van der Waals surface area contributed by atoms with Gasteiger partial charge in [0.15, 0.2) is 0 Å². The molecule has 3 aromatic rings. The lowest BCUT2D eigenvalue weighted by molar-refractivity contribution is 0.318. The lowest BCUT2D eigenvalue weighted by Gasteiger charge is -2.31. The van der Waals surface area contributed by atoms with Gasteiger partial charge in [-0.25, -0.2) is 8.42 Å². The molecule has 3 heterocycles. The van der Waals surface area contributed by atoms with E-state index in [-0.39, 0.29) is 4.90 Å². The van der Waals surface area contributed by atoms with Crippen molar-refractivity contribution in [3.05, 3.63) is 53.3 Å². The number of nitrogens with zero attached hydrogens (tertiary/aromatic N) is 2. The first-order chi connectivity index (χ1) is 13.4. The maximum absolute atomic E-state index is 13.3. The van der Waals surface area contributed by atoms with Gasteiger partial charge in [0.05, 0.1) is 18.1 Å². The maximum Gasteiger partial charge on any atom is 0.246 e. The third kappa shape index (κ3) is 3.18. The lowest BCUT2D eigenvalue weighted by atomic mass is 9.91. The summed E-state index contributed by atoms with van der Waals surface area (Å²) in [5, 5.41) is 0. The Kier molecular flexibility index (Phi) is 4.89. The average Bonchev–Trinajstić information content (AvgIpc) is 3.14. The highest BCUT2D eigenvalue weighted by Gasteiger charge is 2.33. The molecular weight excluding hydrogens is 374 g/mol. The van der Waals surface area contributed by atoms with Crippen LogP contribution in [0.25, 0.3) is 11.0 Å². The van der Waals surface area contributed by atoms with E-state index in [1.165, 1.54) is 12.7 Å². The molecule has 0 amide bonds. The average molecular weight is 400 g/mol. The minimum Gasteiger partial charge on any atom is -0.495 e. The molecule has 4 rings (SSSR count). The van der Waals surface area contributed by atoms with Gasteiger partial charge in [0.2, 0.25) is 10.0 Å². The number of aromatic nitrogens is 2. The molecule has 0 aliphatic carbocycles. The highest BCUT2D eigenvalue weighted by Crippen LogP contribution is 2.36. The van der Waals surface area contributed by atoms with Gasteiger partial charge in [-0.15, -0.1) is 0 Å². The molecule has 1 aliphatic rings. The van der Waals surface area contributed by atoms with Crippen molar-refractivity contribution in [2.24, 2.45) is 0 Å². The van der Waals surface area contributed by atoms with Gasteiger partial charge >= 0.3 is 0 Å². The standard InChI is InChI=1S/C21H25N3O3S/c1-14-11-19(27-3)20(12-15(14)2)28(25,26)24-9-6-16(7-10-24)17-13-23-18-5-4-8-22-21(17)18/h4-5,8,11-13,16,23H,6-7,9-10H2,1-3H3. The van der Waals surface area contributed by atoms with Crippen LogP contribution >= 0.6 is 0 Å². The number of benzene rings is 1. The van der Waals surface area contributed by atoms with Crippen LogP contribution in [-0.4, -0.2) is 42.9 Å². The molecule has 2 aromatic heterocycles. The molecule has 1 saturated heterocycles. The summed E-state index contributed by atoms with van der Waals surface area (Å²) in [5.74, 6) is 0.711. The molecule has 0 unspecified atom stereocenters. The second-order valence-electron chi connectivity index (χ2n) is 7.41. The number of rotatable bonds is 4. The van der Waals surface area contributed by atoms with Crippen LogP contribution in [0.1, 0.15) is 35.4 Å². The quantitative estimate of drug-likeness (QED) is 0.725. The van der Waals surface area contributed by atoms with Gasteiger partial charge in [0.25, 0.3) is 0 Å². The maximum atomic E-state index is 13.3. The van der Waals surface area contributed by atoms with Crippen LogP contribution in [0, 0.1) is 13.8 Å². The lowest BCUT2D eigenvalue weighted by Crippen LogP contribution is -2.38. The SMILES string of the molecule is COc1cc(C)c(C)cc1S(=O)(=O)N1CCC(c2c[nH]c3cccnc23)CC1. The summed E-state index contributed by atoms with van der Waals surface area (Å²) in [5.41, 5.74) is 5.14. The predicted molar refractivity (Wildman–Crippen MR) is 109 cm³/mol. The molecule has 28 heavy (non-hydrogen) atoms. The fourth-order valence-corrected chi connectivity index (χ4v) is 5.65. The zero-order valence-electron chi connectivity index (χ0n) is 16.4. The molecule has 6 nitrogen and oxygen atoms in total. The first-order valence-corrected chi connectivity index (χ1v) is 10.9. The summed E-state index contributed by atoms with van der Waals surface area (Å²) in [4.78, 5) is 8.02. The van der Waals surface area contributed by atoms with E-state index in [0.717, 1.165) is 35.0 Å². The van der Waals surface area contributed by atoms with Crippen molar-refractivity contribution < 1.29 is 13.2 Å². The molecule has 7 heteroatoms. The Labute approximate surface area is 165 Å². The smallest absolute Gasteiger partial charge is 0.246 e. The fourth-order valence-electron chi connectivity index (χ4n) is 3.96. The number of pyridine rings is 1. The summed E-state index contributed by atoms with van der Waals surface area (Å²) in [6.45, 7) is 4.85. The fraction of sp³-hybridized carbons (Fsp3) is 0.381. The first kappa shape index (κ1) is 19.0. The summed E-state index contributed by atoms with van der Waals surface area (Å²) in [7, 11) is -2.08. The molecule has 1 aliphatic heterocycles. The van der Waals surface area contributed by atoms with Crippen LogP contribution in [0.5, 0.6) is 5.75 Å². The number of fused-ring (bicyclic) bond motifs is 1. The topological polar surface area (TPSA) is 75.3 Å². The van der Waals surface area contributed by atoms with Crippen LogP contribution in [0.4, 0.5) is 0 Å². The number of aryl methyl sites for hydroxylation is 2. The molecule has 0 radical (unpaired) electrons. The second kappa shape index (κ2) is 7.22. The van der Waals surface area contributed by atoms with Crippen LogP contribution in [0.3, 0.4) is 0 Å². The van der Waals surface area contributed by atoms with Crippen molar-refractivity contribution in [2.45, 2.75) is 37.5 Å². The highest BCUT2D eigenvalue weighted by molar-refractivity contribution is 7.89. The van der Waals surface area contributed by atoms with E-state index in [9.17, 15) is 8.42 Å². The number of sulfonamides is 1. The van der Waals surface area contributed by atoms with Gasteiger partial charge < -0.3 is 9.72 Å². The predicted octanol–water partition coefficient (Wildman–Crippen LogP) is 3.76. The molecule has 148 valence electrons. The van der Waals surface area contributed by atoms with Crippen molar-refractivity contribution in [2.75, 3.05) is 20.2 Å². The van der Waals surface area contributed by atoms with E-state index in [0.29, 0.717) is 24.8 Å². The Morgan fingerprint density at radius 3 is 2.61 bits per heavy atom. The van der Waals surface area contributed by atoms with E-state index in [1.54, 1.807) is 22.6 Å². The number of hydrogen-bond donors (Lipinski definition) is 1. The zero-order chi connectivity index (χ0) is 19.9. The number of piperidine rings is 1. The van der Waals surface area contributed by atoms with E-state index < -0.39 is 10.0 Å². The number of hydrogen-bond acceptors (Lipinski definition) is 4. The largest absolute Gasteiger partial charge is 0.495 e. The van der Waals surface area contributed by atoms with Gasteiger partial charge in [0.1, 0.15) is 10.6 Å². The molecule has 0 spiro atoms. The molecule has 0 bridgehead atoms. The number of nitrogens with one attached hydrogen (secondary N) is 1. The molecule has 0 saturated carbocycles. The van der Waals surface area contributed by atoms with E-state index in [4.69, 9.17) is 4.74 Å². The monoisotopic (exact) mass is 399 g/mol. The minimum absolute atomic E-state index is 0.255. The number of H-pyrrole nitrogens is 1. The summed E-state index contributed by atoms with van der Waals surface area (Å²) < 4.78 is 33.5. The first-order valence-electron chi connectivity index (χ1n) is 9.49. The Hall–Kier alpha value is -2.38. The van der Waals surface area contributed by atoms with Crippen molar-refractivity contribution in [1.29, 1.82) is 0 Å². The Balaban J connectivity index is 1.57. The van der Waals surface area contributed by atoms with Gasteiger partial charge in [-0.2, -0.15) is 4.31 Å². The van der Waals surface area contributed by atoms with Gasteiger partial charge in [0, 0.05) is 25.5 Å². The van der Waals surface area contributed by atoms with Crippen LogP contribution in [0.15, 0.2) is 41.6 Å². The molecule has 1 N–H and O–H groups in total. The zero-order valence-corrected chi connectivity index (χ0v) is 17.2. The van der Waals surface area contributed by atoms with Gasteiger partial charge in [-0.1, -0.05) is 0 Å². The van der Waals surface area contributed by atoms with Crippen LogP contribution in [-0.2, 0) is 10.0 Å².